The highest BCUT2D eigenvalue weighted by molar-refractivity contribution is 4.53. The van der Waals surface area contributed by atoms with Crippen LogP contribution in [0.25, 0.3) is 0 Å². The quantitative estimate of drug-likeness (QED) is 0.383. The zero-order valence-corrected chi connectivity index (χ0v) is 9.95. The van der Waals surface area contributed by atoms with Gasteiger partial charge in [0.1, 0.15) is 0 Å². The largest absolute Gasteiger partial charge is 0.396 e. The molecule has 4 heteroatoms. The number of rotatable bonds is 7. The maximum absolute atomic E-state index is 8.70. The van der Waals surface area contributed by atoms with Gasteiger partial charge in [-0.2, -0.15) is 0 Å². The molecule has 94 valence electrons. The molecular weight excluding hydrogens is 196 g/mol. The first-order valence-electron chi connectivity index (χ1n) is 5.64. The van der Waals surface area contributed by atoms with E-state index in [4.69, 9.17) is 20.4 Å². The summed E-state index contributed by atoms with van der Waals surface area (Å²) in [6, 6.07) is 0. The Labute approximate surface area is 92.6 Å². The van der Waals surface area contributed by atoms with E-state index in [0.29, 0.717) is 6.42 Å². The number of aliphatic hydroxyl groups excluding tert-OH is 2. The molecule has 0 aromatic carbocycles. The molecule has 0 saturated carbocycles. The molecular formula is C11H26O4. The molecule has 0 fully saturated rings. The Morgan fingerprint density at radius 1 is 0.867 bits per heavy atom. The van der Waals surface area contributed by atoms with E-state index in [9.17, 15) is 0 Å². The van der Waals surface area contributed by atoms with Gasteiger partial charge in [0.25, 0.3) is 0 Å². The van der Waals surface area contributed by atoms with E-state index in [1.54, 1.807) is 0 Å². The fraction of sp³-hybridized carbons (Fsp3) is 1.00. The van der Waals surface area contributed by atoms with Crippen LogP contribution in [-0.2, 0) is 0 Å². The van der Waals surface area contributed by atoms with Crippen molar-refractivity contribution < 1.29 is 20.4 Å². The summed E-state index contributed by atoms with van der Waals surface area (Å²) in [7, 11) is 0. The van der Waals surface area contributed by atoms with Crippen LogP contribution in [0.3, 0.4) is 0 Å². The monoisotopic (exact) mass is 222 g/mol. The Morgan fingerprint density at radius 3 is 1.53 bits per heavy atom. The van der Waals surface area contributed by atoms with Crippen molar-refractivity contribution in [2.75, 3.05) is 13.2 Å². The van der Waals surface area contributed by atoms with Crippen LogP contribution in [0.4, 0.5) is 0 Å². The molecule has 0 aliphatic carbocycles. The van der Waals surface area contributed by atoms with E-state index in [1.165, 1.54) is 6.92 Å². The highest BCUT2D eigenvalue weighted by Crippen LogP contribution is 2.07. The van der Waals surface area contributed by atoms with Gasteiger partial charge in [-0.05, 0) is 32.6 Å². The molecule has 0 heterocycles. The lowest BCUT2D eigenvalue weighted by molar-refractivity contribution is -0.150. The van der Waals surface area contributed by atoms with Crippen LogP contribution in [0.15, 0.2) is 0 Å². The third-order valence-corrected chi connectivity index (χ3v) is 1.82. The summed E-state index contributed by atoms with van der Waals surface area (Å²) in [5, 5.41) is 33.8. The first-order chi connectivity index (χ1) is 6.97. The lowest BCUT2D eigenvalue weighted by Gasteiger charge is -2.13. The summed E-state index contributed by atoms with van der Waals surface area (Å²) in [6.45, 7) is 3.92. The van der Waals surface area contributed by atoms with Crippen LogP contribution in [-0.4, -0.2) is 39.4 Å². The maximum Gasteiger partial charge on any atom is 0.159 e. The molecule has 0 aromatic heterocycles. The molecule has 0 amide bonds. The van der Waals surface area contributed by atoms with Crippen molar-refractivity contribution in [1.82, 2.24) is 0 Å². The lowest BCUT2D eigenvalue weighted by Crippen LogP contribution is -2.22. The molecule has 0 unspecified atom stereocenters. The van der Waals surface area contributed by atoms with Gasteiger partial charge in [-0.25, -0.2) is 0 Å². The lowest BCUT2D eigenvalue weighted by atomic mass is 10.1. The minimum absolute atomic E-state index is 0.250. The molecule has 0 spiro atoms. The second kappa shape index (κ2) is 11.9. The van der Waals surface area contributed by atoms with Crippen molar-refractivity contribution in [2.24, 2.45) is 0 Å². The van der Waals surface area contributed by atoms with Gasteiger partial charge in [-0.3, -0.25) is 0 Å². The molecule has 0 aliphatic rings. The third-order valence-electron chi connectivity index (χ3n) is 1.82. The molecule has 0 aromatic rings. The second-order valence-electron chi connectivity index (χ2n) is 3.83. The standard InChI is InChI=1S/C6H14O2.C5H12O2/c1-3-4-5-6(2,7)8;6-4-2-1-3-5-7/h7-8H,3-5H2,1-2H3;6-7H,1-5H2. The average molecular weight is 222 g/mol. The maximum atomic E-state index is 8.70. The summed E-state index contributed by atoms with van der Waals surface area (Å²) >= 11 is 0. The highest BCUT2D eigenvalue weighted by Gasteiger charge is 2.12. The Hall–Kier alpha value is -0.160. The average Bonchev–Trinajstić information content (AvgIpc) is 2.16. The Balaban J connectivity index is 0. The molecule has 15 heavy (non-hydrogen) atoms. The van der Waals surface area contributed by atoms with Crippen molar-refractivity contribution in [2.45, 2.75) is 58.2 Å². The van der Waals surface area contributed by atoms with Crippen LogP contribution >= 0.6 is 0 Å². The third kappa shape index (κ3) is 24.8. The molecule has 0 rings (SSSR count). The van der Waals surface area contributed by atoms with Gasteiger partial charge in [0.05, 0.1) is 0 Å². The summed E-state index contributed by atoms with van der Waals surface area (Å²) in [5.74, 6) is -1.45. The first-order valence-corrected chi connectivity index (χ1v) is 5.64. The van der Waals surface area contributed by atoms with Crippen LogP contribution in [0.1, 0.15) is 52.4 Å². The number of hydrogen-bond donors (Lipinski definition) is 4. The fourth-order valence-electron chi connectivity index (χ4n) is 0.912. The van der Waals surface area contributed by atoms with Crippen molar-refractivity contribution >= 4 is 0 Å². The molecule has 0 atom stereocenters. The van der Waals surface area contributed by atoms with E-state index in [2.05, 4.69) is 0 Å². The predicted octanol–water partition coefficient (Wildman–Crippen LogP) is 1.02. The Bertz CT molecular complexity index is 106. The molecule has 4 nitrogen and oxygen atoms in total. The predicted molar refractivity (Wildman–Crippen MR) is 60.4 cm³/mol. The molecule has 4 N–H and O–H groups in total. The van der Waals surface area contributed by atoms with Crippen molar-refractivity contribution in [3.05, 3.63) is 0 Å². The van der Waals surface area contributed by atoms with Gasteiger partial charge in [0.15, 0.2) is 5.79 Å². The zero-order chi connectivity index (χ0) is 12.2. The molecule has 0 radical (unpaired) electrons. The first kappa shape index (κ1) is 17.2. The summed E-state index contributed by atoms with van der Waals surface area (Å²) < 4.78 is 0. The van der Waals surface area contributed by atoms with Crippen LogP contribution < -0.4 is 0 Å². The van der Waals surface area contributed by atoms with Gasteiger partial charge >= 0.3 is 0 Å². The minimum Gasteiger partial charge on any atom is -0.396 e. The normalized spacial score (nSPS) is 10.8. The van der Waals surface area contributed by atoms with Crippen molar-refractivity contribution in [3.63, 3.8) is 0 Å². The smallest absolute Gasteiger partial charge is 0.159 e. The van der Waals surface area contributed by atoms with E-state index < -0.39 is 5.79 Å². The second-order valence-corrected chi connectivity index (χ2v) is 3.83. The molecule has 0 aliphatic heterocycles. The van der Waals surface area contributed by atoms with Gasteiger partial charge < -0.3 is 20.4 Å². The summed E-state index contributed by atoms with van der Waals surface area (Å²) in [5.41, 5.74) is 0. The summed E-state index contributed by atoms with van der Waals surface area (Å²) in [6.07, 6.45) is 4.94. The highest BCUT2D eigenvalue weighted by atomic mass is 16.5. The van der Waals surface area contributed by atoms with Crippen molar-refractivity contribution in [1.29, 1.82) is 0 Å². The van der Waals surface area contributed by atoms with Crippen LogP contribution in [0, 0.1) is 0 Å². The van der Waals surface area contributed by atoms with E-state index in [-0.39, 0.29) is 13.2 Å². The number of aliphatic hydroxyl groups is 4. The topological polar surface area (TPSA) is 80.9 Å². The fourth-order valence-corrected chi connectivity index (χ4v) is 0.912. The van der Waals surface area contributed by atoms with E-state index in [1.807, 2.05) is 6.92 Å². The van der Waals surface area contributed by atoms with Crippen LogP contribution in [0.2, 0.25) is 0 Å². The van der Waals surface area contributed by atoms with E-state index >= 15 is 0 Å². The molecule has 0 bridgehead atoms. The number of unbranched alkanes of at least 4 members (excludes halogenated alkanes) is 3. The van der Waals surface area contributed by atoms with Crippen LogP contribution in [0.5, 0.6) is 0 Å². The van der Waals surface area contributed by atoms with Crippen molar-refractivity contribution in [3.8, 4) is 0 Å². The van der Waals surface area contributed by atoms with Gasteiger partial charge in [0.2, 0.25) is 0 Å². The number of hydrogen-bond acceptors (Lipinski definition) is 4. The zero-order valence-electron chi connectivity index (χ0n) is 9.95. The summed E-state index contributed by atoms with van der Waals surface area (Å²) in [4.78, 5) is 0. The van der Waals surface area contributed by atoms with Gasteiger partial charge in [-0.1, -0.05) is 13.3 Å². The van der Waals surface area contributed by atoms with Gasteiger partial charge in [0, 0.05) is 19.6 Å². The minimum atomic E-state index is -1.45. The Kier molecular flexibility index (Phi) is 13.7. The van der Waals surface area contributed by atoms with Gasteiger partial charge in [-0.15, -0.1) is 0 Å². The van der Waals surface area contributed by atoms with E-state index in [0.717, 1.165) is 32.1 Å². The molecule has 0 saturated heterocycles. The SMILES string of the molecule is CCCCC(C)(O)O.OCCCCCO. The Morgan fingerprint density at radius 2 is 1.33 bits per heavy atom.